The number of nitrogens with two attached hydrogens (primary N) is 1. The van der Waals surface area contributed by atoms with Gasteiger partial charge in [-0.1, -0.05) is 17.8 Å². The van der Waals surface area contributed by atoms with Gasteiger partial charge in [-0.05, 0) is 30.3 Å². The predicted molar refractivity (Wildman–Crippen MR) is 108 cm³/mol. The van der Waals surface area contributed by atoms with Crippen molar-refractivity contribution in [3.05, 3.63) is 54.5 Å². The first-order chi connectivity index (χ1) is 14.1. The number of hydrogen-bond acceptors (Lipinski definition) is 6. The van der Waals surface area contributed by atoms with Crippen LogP contribution in [0.3, 0.4) is 0 Å². The molecule has 1 aliphatic heterocycles. The zero-order valence-corrected chi connectivity index (χ0v) is 16.5. The van der Waals surface area contributed by atoms with Crippen LogP contribution in [-0.4, -0.2) is 57.6 Å². The number of nitrogen functional groups attached to an aromatic ring is 1. The lowest BCUT2D eigenvalue weighted by Gasteiger charge is -2.30. The standard InChI is InChI=1S/C19H20FN7OS/c20-15-6-4-14(5-7-15)18-23-24-19(27(18)21)29-13-17(28)26-11-9-25(10-12-26)16-3-1-2-8-22-16/h1-8H,9-13,21H2/p+1. The Bertz CT molecular complexity index is 972. The molecule has 0 spiro atoms. The van der Waals surface area contributed by atoms with E-state index in [1.165, 1.54) is 28.6 Å². The summed E-state index contributed by atoms with van der Waals surface area (Å²) in [5, 5.41) is 8.56. The topological polar surface area (TPSA) is 94.4 Å². The van der Waals surface area contributed by atoms with Gasteiger partial charge >= 0.3 is 0 Å². The number of H-pyrrole nitrogens is 1. The minimum atomic E-state index is -0.331. The van der Waals surface area contributed by atoms with E-state index in [9.17, 15) is 9.18 Å². The highest BCUT2D eigenvalue weighted by Gasteiger charge is 2.26. The predicted octanol–water partition coefficient (Wildman–Crippen LogP) is 1.05. The molecule has 2 aromatic heterocycles. The molecule has 1 aromatic carbocycles. The Kier molecular flexibility index (Phi) is 5.61. The fourth-order valence-electron chi connectivity index (χ4n) is 3.17. The van der Waals surface area contributed by atoms with Crippen molar-refractivity contribution in [2.24, 2.45) is 0 Å². The number of halogens is 1. The highest BCUT2D eigenvalue weighted by molar-refractivity contribution is 7.99. The first kappa shape index (κ1) is 19.2. The van der Waals surface area contributed by atoms with Crippen molar-refractivity contribution in [3.63, 3.8) is 0 Å². The van der Waals surface area contributed by atoms with Crippen LogP contribution in [0.15, 0.2) is 53.8 Å². The number of hydrogen-bond donors (Lipinski definition) is 1. The third kappa shape index (κ3) is 4.32. The second kappa shape index (κ2) is 8.48. The smallest absolute Gasteiger partial charge is 0.274 e. The van der Waals surface area contributed by atoms with E-state index >= 15 is 0 Å². The van der Waals surface area contributed by atoms with Crippen molar-refractivity contribution in [1.82, 2.24) is 19.8 Å². The molecule has 4 rings (SSSR count). The van der Waals surface area contributed by atoms with Gasteiger partial charge in [0.2, 0.25) is 11.1 Å². The number of nitrogens with zero attached hydrogens (tertiary/aromatic N) is 5. The molecule has 3 aromatic rings. The zero-order valence-electron chi connectivity index (χ0n) is 15.7. The van der Waals surface area contributed by atoms with Gasteiger partial charge in [-0.3, -0.25) is 9.69 Å². The Morgan fingerprint density at radius 1 is 1.10 bits per heavy atom. The Morgan fingerprint density at radius 2 is 1.86 bits per heavy atom. The Hall–Kier alpha value is -3.14. The van der Waals surface area contributed by atoms with Crippen LogP contribution in [0.25, 0.3) is 11.4 Å². The minimum Gasteiger partial charge on any atom is -0.335 e. The number of rotatable bonds is 5. The molecule has 0 saturated carbocycles. The van der Waals surface area contributed by atoms with Gasteiger partial charge in [0, 0.05) is 11.6 Å². The van der Waals surface area contributed by atoms with E-state index in [0.29, 0.717) is 29.6 Å². The van der Waals surface area contributed by atoms with Crippen molar-refractivity contribution >= 4 is 23.5 Å². The highest BCUT2D eigenvalue weighted by Crippen LogP contribution is 2.22. The number of carbonyl (C=O) groups excluding carboxylic acids is 1. The molecule has 0 unspecified atom stereocenters. The van der Waals surface area contributed by atoms with Gasteiger partial charge in [0.05, 0.1) is 25.0 Å². The fraction of sp³-hybridized carbons (Fsp3) is 0.263. The van der Waals surface area contributed by atoms with Gasteiger partial charge in [-0.2, -0.15) is 0 Å². The minimum absolute atomic E-state index is 0.0398. The molecule has 3 heterocycles. The number of nitrogens with one attached hydrogen (secondary N) is 1. The third-order valence-electron chi connectivity index (χ3n) is 4.76. The number of piperazine rings is 1. The number of anilines is 1. The summed E-state index contributed by atoms with van der Waals surface area (Å²) in [7, 11) is 0. The molecule has 150 valence electrons. The van der Waals surface area contributed by atoms with Crippen LogP contribution in [0.2, 0.25) is 0 Å². The van der Waals surface area contributed by atoms with Crippen LogP contribution in [0.5, 0.6) is 0 Å². The molecule has 1 aliphatic rings. The largest absolute Gasteiger partial charge is 0.335 e. The van der Waals surface area contributed by atoms with Crippen molar-refractivity contribution in [2.45, 2.75) is 5.16 Å². The monoisotopic (exact) mass is 414 g/mol. The maximum absolute atomic E-state index is 13.1. The van der Waals surface area contributed by atoms with E-state index in [4.69, 9.17) is 5.84 Å². The Morgan fingerprint density at radius 3 is 2.55 bits per heavy atom. The van der Waals surface area contributed by atoms with Gasteiger partial charge < -0.3 is 10.7 Å². The second-order valence-electron chi connectivity index (χ2n) is 6.59. The molecule has 0 bridgehead atoms. The molecule has 0 atom stereocenters. The molecular formula is C19H21FN7OS+. The van der Waals surface area contributed by atoms with E-state index in [2.05, 4.69) is 20.1 Å². The van der Waals surface area contributed by atoms with Gasteiger partial charge in [0.1, 0.15) is 18.9 Å². The van der Waals surface area contributed by atoms with Gasteiger partial charge in [0.25, 0.3) is 5.82 Å². The number of pyridine rings is 1. The molecule has 8 nitrogen and oxygen atoms in total. The molecule has 1 saturated heterocycles. The summed E-state index contributed by atoms with van der Waals surface area (Å²) in [6, 6.07) is 11.8. The van der Waals surface area contributed by atoms with E-state index in [0.717, 1.165) is 18.9 Å². The fourth-order valence-corrected chi connectivity index (χ4v) is 3.93. The van der Waals surface area contributed by atoms with E-state index in [1.54, 1.807) is 12.1 Å². The Labute approximate surface area is 171 Å². The van der Waals surface area contributed by atoms with E-state index in [1.807, 2.05) is 29.3 Å². The summed E-state index contributed by atoms with van der Waals surface area (Å²) in [5.41, 5.74) is 0.661. The van der Waals surface area contributed by atoms with Crippen LogP contribution in [0.1, 0.15) is 0 Å². The number of benzene rings is 1. The average Bonchev–Trinajstić information content (AvgIpc) is 3.13. The van der Waals surface area contributed by atoms with Gasteiger partial charge in [-0.15, -0.1) is 10.2 Å². The summed E-state index contributed by atoms with van der Waals surface area (Å²) in [4.78, 5) is 19.9. The number of thioether (sulfide) groups is 1. The van der Waals surface area contributed by atoms with Crippen LogP contribution >= 0.6 is 11.8 Å². The normalized spacial score (nSPS) is 14.2. The van der Waals surface area contributed by atoms with Gasteiger partial charge in [-0.25, -0.2) is 14.1 Å². The molecule has 10 heteroatoms. The maximum atomic E-state index is 13.1. The lowest BCUT2D eigenvalue weighted by atomic mass is 10.2. The molecule has 0 aliphatic carbocycles. The second-order valence-corrected chi connectivity index (χ2v) is 7.53. The molecule has 0 radical (unpaired) electrons. The summed E-state index contributed by atoms with van der Waals surface area (Å²) in [6.45, 7) is 2.88. The van der Waals surface area contributed by atoms with Crippen LogP contribution < -0.4 is 15.7 Å². The molecule has 1 amide bonds. The maximum Gasteiger partial charge on any atom is 0.274 e. The Balaban J connectivity index is 1.32. The molecule has 3 N–H and O–H groups in total. The van der Waals surface area contributed by atoms with Crippen LogP contribution in [-0.2, 0) is 4.79 Å². The SMILES string of the molecule is Nn1c(SCC(=O)N2CCN(c3cccc[nH+]3)CC2)nnc1-c1ccc(F)cc1. The van der Waals surface area contributed by atoms with Gasteiger partial charge in [0.15, 0.2) is 5.82 Å². The lowest BCUT2D eigenvalue weighted by molar-refractivity contribution is -0.364. The van der Waals surface area contributed by atoms with Crippen molar-refractivity contribution in [1.29, 1.82) is 0 Å². The summed E-state index contributed by atoms with van der Waals surface area (Å²) in [6.07, 6.45) is 1.90. The van der Waals surface area contributed by atoms with Crippen LogP contribution in [0.4, 0.5) is 10.2 Å². The number of amides is 1. The first-order valence-corrected chi connectivity index (χ1v) is 10.2. The van der Waals surface area contributed by atoms with Crippen molar-refractivity contribution in [2.75, 3.05) is 42.7 Å². The quantitative estimate of drug-likeness (QED) is 0.496. The summed E-state index contributed by atoms with van der Waals surface area (Å²) in [5.74, 6) is 7.48. The van der Waals surface area contributed by atoms with Crippen LogP contribution in [0, 0.1) is 5.82 Å². The average molecular weight is 414 g/mol. The lowest BCUT2D eigenvalue weighted by Crippen LogP contribution is -2.50. The van der Waals surface area contributed by atoms with E-state index in [-0.39, 0.29) is 17.5 Å². The molecular weight excluding hydrogens is 393 g/mol. The van der Waals surface area contributed by atoms with Crippen molar-refractivity contribution in [3.8, 4) is 11.4 Å². The molecule has 1 fully saturated rings. The first-order valence-electron chi connectivity index (χ1n) is 9.20. The van der Waals surface area contributed by atoms with Crippen molar-refractivity contribution < 1.29 is 14.2 Å². The third-order valence-corrected chi connectivity index (χ3v) is 5.69. The highest BCUT2D eigenvalue weighted by atomic mass is 32.2. The number of aromatic nitrogens is 4. The summed E-state index contributed by atoms with van der Waals surface area (Å²) >= 11 is 1.24. The summed E-state index contributed by atoms with van der Waals surface area (Å²) < 4.78 is 14.4. The zero-order chi connectivity index (χ0) is 20.2. The number of carbonyl (C=O) groups is 1. The van der Waals surface area contributed by atoms with E-state index < -0.39 is 0 Å². The molecule has 29 heavy (non-hydrogen) atoms. The number of aromatic amines is 1.